The number of nitrogens with zero attached hydrogens (tertiary/aromatic N) is 4. The number of ether oxygens (including phenoxy) is 1. The van der Waals surface area contributed by atoms with Crippen molar-refractivity contribution in [3.05, 3.63) is 69.5 Å². The maximum absolute atomic E-state index is 14.3. The van der Waals surface area contributed by atoms with Gasteiger partial charge in [0.25, 0.3) is 5.56 Å². The summed E-state index contributed by atoms with van der Waals surface area (Å²) in [6.45, 7) is 1.32. The lowest BCUT2D eigenvalue weighted by molar-refractivity contribution is -0.137. The molecule has 1 fully saturated rings. The third kappa shape index (κ3) is 6.68. The molecule has 0 bridgehead atoms. The number of carbonyl (C=O) groups excluding carboxylic acids is 1. The Hall–Kier alpha value is -2.90. The zero-order valence-corrected chi connectivity index (χ0v) is 25.7. The first-order chi connectivity index (χ1) is 20.3. The summed E-state index contributed by atoms with van der Waals surface area (Å²) in [6.07, 6.45) is 10.0. The lowest BCUT2D eigenvalue weighted by Crippen LogP contribution is -2.40. The van der Waals surface area contributed by atoms with E-state index >= 15 is 0 Å². The maximum Gasteiger partial charge on any atom is 0.328 e. The van der Waals surface area contributed by atoms with Gasteiger partial charge in [0.15, 0.2) is 0 Å². The van der Waals surface area contributed by atoms with Crippen LogP contribution in [0.1, 0.15) is 68.7 Å². The van der Waals surface area contributed by atoms with Crippen LogP contribution < -0.4 is 20.9 Å². The quantitative estimate of drug-likeness (QED) is 0.329. The van der Waals surface area contributed by atoms with Crippen molar-refractivity contribution in [1.29, 1.82) is 0 Å². The molecule has 0 saturated heterocycles. The van der Waals surface area contributed by atoms with Gasteiger partial charge < -0.3 is 9.72 Å². The summed E-state index contributed by atoms with van der Waals surface area (Å²) in [7, 11) is 1.30. The lowest BCUT2D eigenvalue weighted by Gasteiger charge is -2.23. The van der Waals surface area contributed by atoms with Crippen LogP contribution in [0.5, 0.6) is 0 Å². The fraction of sp³-hybridized carbons (Fsp3) is 0.536. The molecule has 226 valence electrons. The molecule has 42 heavy (non-hydrogen) atoms. The van der Waals surface area contributed by atoms with E-state index in [2.05, 4.69) is 14.7 Å². The Morgan fingerprint density at radius 1 is 1.10 bits per heavy atom. The van der Waals surface area contributed by atoms with Crippen molar-refractivity contribution in [3.63, 3.8) is 0 Å². The number of carbonyl (C=O) groups is 1. The number of thioether (sulfide) groups is 1. The molecule has 6 rings (SSSR count). The Balaban J connectivity index is 0.000000180. The Kier molecular flexibility index (Phi) is 9.89. The van der Waals surface area contributed by atoms with Crippen LogP contribution in [0.2, 0.25) is 5.02 Å². The summed E-state index contributed by atoms with van der Waals surface area (Å²) in [5, 5.41) is 0.199. The van der Waals surface area contributed by atoms with Crippen molar-refractivity contribution in [3.8, 4) is 0 Å². The Labute approximate surface area is 254 Å². The highest BCUT2D eigenvalue weighted by atomic mass is 35.5. The minimum absolute atomic E-state index is 0.0202. The average molecular weight is 638 g/mol. The summed E-state index contributed by atoms with van der Waals surface area (Å²) in [5.74, 6) is -0.923. The highest BCUT2D eigenvalue weighted by Gasteiger charge is 2.24. The van der Waals surface area contributed by atoms with Crippen molar-refractivity contribution in [2.75, 3.05) is 12.9 Å². The van der Waals surface area contributed by atoms with E-state index in [0.29, 0.717) is 22.8 Å². The molecule has 1 N–H and O–H groups in total. The van der Waals surface area contributed by atoms with Gasteiger partial charge in [0.2, 0.25) is 4.80 Å². The largest absolute Gasteiger partial charge is 0.468 e. The van der Waals surface area contributed by atoms with Crippen molar-refractivity contribution in [2.45, 2.75) is 88.2 Å². The van der Waals surface area contributed by atoms with E-state index in [1.807, 2.05) is 0 Å². The number of fused-ring (bicyclic) bond motifs is 2. The molecule has 0 amide bonds. The van der Waals surface area contributed by atoms with Gasteiger partial charge in [-0.3, -0.25) is 23.6 Å². The number of methoxy groups -OCH3 is 1. The van der Waals surface area contributed by atoms with Gasteiger partial charge in [0, 0.05) is 35.3 Å². The second-order valence-corrected chi connectivity index (χ2v) is 12.9. The molecule has 0 radical (unpaired) electrons. The van der Waals surface area contributed by atoms with E-state index in [4.69, 9.17) is 11.6 Å². The third-order valence-corrected chi connectivity index (χ3v) is 10.1. The predicted octanol–water partition coefficient (Wildman–Crippen LogP) is 4.33. The van der Waals surface area contributed by atoms with E-state index in [0.717, 1.165) is 98.2 Å². The molecule has 3 aromatic rings. The van der Waals surface area contributed by atoms with Gasteiger partial charge in [-0.15, -0.1) is 11.8 Å². The van der Waals surface area contributed by atoms with Crippen LogP contribution in [-0.2, 0) is 35.5 Å². The number of aryl methyl sites for hydroxylation is 1. The van der Waals surface area contributed by atoms with Crippen LogP contribution in [0.3, 0.4) is 0 Å². The van der Waals surface area contributed by atoms with Crippen molar-refractivity contribution >= 4 is 46.4 Å². The average Bonchev–Trinajstić information content (AvgIpc) is 3.59. The minimum atomic E-state index is -0.580. The van der Waals surface area contributed by atoms with Crippen LogP contribution >= 0.6 is 34.7 Å². The SMILES string of the molecule is COC(=O)CSc1cc(/N=c2\sc(=O)n3n2CCCC3)c(F)cc1Cl.O=c1[nH]c2c(c(=O)n1C1CCCCC1)CCC2. The fourth-order valence-electron chi connectivity index (χ4n) is 5.65. The van der Waals surface area contributed by atoms with Gasteiger partial charge in [0.1, 0.15) is 11.5 Å². The molecule has 1 saturated carbocycles. The first kappa shape index (κ1) is 30.6. The van der Waals surface area contributed by atoms with E-state index in [9.17, 15) is 23.6 Å². The normalized spacial score (nSPS) is 16.9. The highest BCUT2D eigenvalue weighted by molar-refractivity contribution is 8.00. The second kappa shape index (κ2) is 13.6. The first-order valence-electron chi connectivity index (χ1n) is 14.2. The van der Waals surface area contributed by atoms with Gasteiger partial charge in [-0.2, -0.15) is 0 Å². The van der Waals surface area contributed by atoms with Crippen LogP contribution in [0.25, 0.3) is 0 Å². The molecule has 1 aliphatic heterocycles. The topological polar surface area (TPSA) is 120 Å². The molecule has 3 heterocycles. The number of hydrogen-bond acceptors (Lipinski definition) is 8. The number of aromatic amines is 1. The zero-order valence-electron chi connectivity index (χ0n) is 23.3. The molecule has 3 aliphatic rings. The monoisotopic (exact) mass is 637 g/mol. The molecular weight excluding hydrogens is 605 g/mol. The number of aromatic nitrogens is 4. The first-order valence-corrected chi connectivity index (χ1v) is 16.4. The summed E-state index contributed by atoms with van der Waals surface area (Å²) in [6, 6.07) is 2.78. The second-order valence-electron chi connectivity index (χ2n) is 10.5. The Bertz CT molecular complexity index is 1720. The molecule has 0 unspecified atom stereocenters. The van der Waals surface area contributed by atoms with Gasteiger partial charge in [0.05, 0.1) is 17.9 Å². The summed E-state index contributed by atoms with van der Waals surface area (Å²) >= 11 is 8.17. The van der Waals surface area contributed by atoms with Crippen LogP contribution in [0.15, 0.2) is 36.4 Å². The summed E-state index contributed by atoms with van der Waals surface area (Å²) < 4.78 is 23.7. The number of H-pyrrole nitrogens is 1. The Morgan fingerprint density at radius 3 is 2.57 bits per heavy atom. The highest BCUT2D eigenvalue weighted by Crippen LogP contribution is 2.33. The standard InChI is InChI=1S/C15H15ClFN3O3S2.C13H18N2O2/c1-23-13(21)8-24-12-7-11(10(17)6-9(12)16)18-14-19-4-2-3-5-20(19)15(22)25-14;16-12-10-7-4-8-11(10)14-13(17)15(12)9-5-2-1-3-6-9/h6-7H,2-5,8H2,1H3;9H,1-8H2,(H,14,17)/b18-14-;. The predicted molar refractivity (Wildman–Crippen MR) is 161 cm³/mol. The number of halogens is 2. The van der Waals surface area contributed by atoms with Gasteiger partial charge in [-0.25, -0.2) is 18.9 Å². The van der Waals surface area contributed by atoms with Gasteiger partial charge >= 0.3 is 16.5 Å². The maximum atomic E-state index is 14.3. The minimum Gasteiger partial charge on any atom is -0.468 e. The van der Waals surface area contributed by atoms with E-state index in [-0.39, 0.29) is 38.6 Å². The van der Waals surface area contributed by atoms with E-state index in [1.54, 1.807) is 9.36 Å². The van der Waals surface area contributed by atoms with E-state index in [1.165, 1.54) is 24.2 Å². The smallest absolute Gasteiger partial charge is 0.328 e. The third-order valence-electron chi connectivity index (χ3n) is 7.79. The number of hydrogen-bond donors (Lipinski definition) is 1. The van der Waals surface area contributed by atoms with Gasteiger partial charge in [-0.1, -0.05) is 30.9 Å². The Morgan fingerprint density at radius 2 is 1.83 bits per heavy atom. The molecule has 0 spiro atoms. The van der Waals surface area contributed by atoms with Gasteiger partial charge in [-0.05, 0) is 68.4 Å². The number of esters is 1. The molecule has 0 atom stereocenters. The van der Waals surface area contributed by atoms with E-state index < -0.39 is 11.8 Å². The number of rotatable bonds is 5. The molecule has 1 aromatic carbocycles. The molecule has 10 nitrogen and oxygen atoms in total. The summed E-state index contributed by atoms with van der Waals surface area (Å²) in [5.41, 5.74) is 1.61. The number of benzene rings is 1. The molecule has 2 aromatic heterocycles. The molecular formula is C28H33ClFN5O5S2. The fourth-order valence-corrected chi connectivity index (χ4v) is 7.63. The van der Waals surface area contributed by atoms with Crippen LogP contribution in [0.4, 0.5) is 10.1 Å². The van der Waals surface area contributed by atoms with Crippen molar-refractivity contribution in [2.24, 2.45) is 4.99 Å². The summed E-state index contributed by atoms with van der Waals surface area (Å²) in [4.78, 5) is 55.7. The zero-order chi connectivity index (χ0) is 29.8. The van der Waals surface area contributed by atoms with Crippen LogP contribution in [0, 0.1) is 5.82 Å². The lowest BCUT2D eigenvalue weighted by atomic mass is 9.95. The van der Waals surface area contributed by atoms with Crippen molar-refractivity contribution in [1.82, 2.24) is 18.9 Å². The van der Waals surface area contributed by atoms with Crippen molar-refractivity contribution < 1.29 is 13.9 Å². The number of nitrogens with one attached hydrogen (secondary N) is 1. The molecule has 14 heteroatoms. The molecule has 2 aliphatic carbocycles. The van der Waals surface area contributed by atoms with Crippen LogP contribution in [-0.4, -0.2) is 37.7 Å².